The fourth-order valence-corrected chi connectivity index (χ4v) is 2.06. The van der Waals surface area contributed by atoms with E-state index in [0.29, 0.717) is 5.41 Å². The Balaban J connectivity index is 2.99. The van der Waals surface area contributed by atoms with Gasteiger partial charge in [0.15, 0.2) is 0 Å². The molecule has 0 atom stereocenters. The van der Waals surface area contributed by atoms with E-state index < -0.39 is 0 Å². The highest BCUT2D eigenvalue weighted by Gasteiger charge is 2.08. The third kappa shape index (κ3) is 16.0. The molecule has 0 radical (unpaired) electrons. The fraction of sp³-hybridized carbons (Fsp3) is 1.00. The molecule has 17 heavy (non-hydrogen) atoms. The first-order chi connectivity index (χ1) is 8.06. The van der Waals surface area contributed by atoms with Gasteiger partial charge in [0.05, 0.1) is 0 Å². The number of unbranched alkanes of at least 4 members (excludes halogenated alkanes) is 7. The zero-order valence-corrected chi connectivity index (χ0v) is 12.7. The van der Waals surface area contributed by atoms with Crippen molar-refractivity contribution in [3.05, 3.63) is 0 Å². The van der Waals surface area contributed by atoms with Gasteiger partial charge in [-0.15, -0.1) is 0 Å². The van der Waals surface area contributed by atoms with Crippen molar-refractivity contribution in [1.82, 2.24) is 0 Å². The first kappa shape index (κ1) is 17.0. The lowest BCUT2D eigenvalue weighted by Gasteiger charge is -2.17. The van der Waals surface area contributed by atoms with E-state index in [1.165, 1.54) is 57.8 Å². The standard InChI is InChI=1S/C16H34O/c1-5-17-15-13-11-9-7-6-8-10-12-14-16(2,3)4/h5-15H2,1-4H3. The minimum atomic E-state index is 0.527. The monoisotopic (exact) mass is 242 g/mol. The Labute approximate surface area is 109 Å². The number of ether oxygens (including phenoxy) is 1. The Hall–Kier alpha value is -0.0400. The average Bonchev–Trinajstić information content (AvgIpc) is 2.24. The molecule has 0 N–H and O–H groups in total. The van der Waals surface area contributed by atoms with Crippen LogP contribution in [0.2, 0.25) is 0 Å². The molecule has 1 heteroatoms. The summed E-state index contributed by atoms with van der Waals surface area (Å²) in [5.74, 6) is 0. The molecule has 0 saturated carbocycles. The molecular weight excluding hydrogens is 208 g/mol. The highest BCUT2D eigenvalue weighted by molar-refractivity contribution is 4.61. The Kier molecular flexibility index (Phi) is 11.0. The van der Waals surface area contributed by atoms with Gasteiger partial charge >= 0.3 is 0 Å². The minimum absolute atomic E-state index is 0.527. The summed E-state index contributed by atoms with van der Waals surface area (Å²) in [5.41, 5.74) is 0.527. The maximum atomic E-state index is 5.32. The second-order valence-corrected chi connectivity index (χ2v) is 6.34. The smallest absolute Gasteiger partial charge is 0.0465 e. The van der Waals surface area contributed by atoms with Gasteiger partial charge in [0.25, 0.3) is 0 Å². The van der Waals surface area contributed by atoms with Crippen molar-refractivity contribution in [3.63, 3.8) is 0 Å². The molecule has 0 saturated heterocycles. The summed E-state index contributed by atoms with van der Waals surface area (Å²) in [7, 11) is 0. The Bertz CT molecular complexity index is 146. The lowest BCUT2D eigenvalue weighted by molar-refractivity contribution is 0.143. The SMILES string of the molecule is CCOCCCCCCCCCCC(C)(C)C. The first-order valence-electron chi connectivity index (χ1n) is 7.64. The normalized spacial score (nSPS) is 12.0. The van der Waals surface area contributed by atoms with Crippen LogP contribution >= 0.6 is 0 Å². The molecule has 0 aliphatic heterocycles. The summed E-state index contributed by atoms with van der Waals surface area (Å²) in [4.78, 5) is 0. The van der Waals surface area contributed by atoms with E-state index in [-0.39, 0.29) is 0 Å². The second-order valence-electron chi connectivity index (χ2n) is 6.34. The van der Waals surface area contributed by atoms with Gasteiger partial charge in [-0.05, 0) is 25.2 Å². The maximum absolute atomic E-state index is 5.32. The van der Waals surface area contributed by atoms with Crippen LogP contribution in [-0.4, -0.2) is 13.2 Å². The molecule has 1 nitrogen and oxygen atoms in total. The summed E-state index contributed by atoms with van der Waals surface area (Å²) >= 11 is 0. The van der Waals surface area contributed by atoms with Gasteiger partial charge in [-0.2, -0.15) is 0 Å². The van der Waals surface area contributed by atoms with Crippen molar-refractivity contribution in [2.75, 3.05) is 13.2 Å². The van der Waals surface area contributed by atoms with Crippen LogP contribution < -0.4 is 0 Å². The average molecular weight is 242 g/mol. The van der Waals surface area contributed by atoms with Crippen molar-refractivity contribution < 1.29 is 4.74 Å². The highest BCUT2D eigenvalue weighted by Crippen LogP contribution is 2.22. The molecule has 0 aromatic carbocycles. The van der Waals surface area contributed by atoms with Gasteiger partial charge in [0.2, 0.25) is 0 Å². The highest BCUT2D eigenvalue weighted by atomic mass is 16.5. The van der Waals surface area contributed by atoms with E-state index in [0.717, 1.165) is 13.2 Å². The number of rotatable bonds is 11. The number of hydrogen-bond acceptors (Lipinski definition) is 1. The van der Waals surface area contributed by atoms with Gasteiger partial charge in [0.1, 0.15) is 0 Å². The molecule has 0 aliphatic carbocycles. The van der Waals surface area contributed by atoms with Crippen LogP contribution in [0.1, 0.15) is 85.5 Å². The zero-order valence-electron chi connectivity index (χ0n) is 12.7. The van der Waals surface area contributed by atoms with E-state index in [9.17, 15) is 0 Å². The molecule has 0 heterocycles. The van der Waals surface area contributed by atoms with E-state index in [1.807, 2.05) is 0 Å². The first-order valence-corrected chi connectivity index (χ1v) is 7.64. The van der Waals surface area contributed by atoms with Gasteiger partial charge in [-0.25, -0.2) is 0 Å². The molecule has 0 aliphatic rings. The molecule has 0 aromatic heterocycles. The van der Waals surface area contributed by atoms with Crippen LogP contribution in [0.3, 0.4) is 0 Å². The van der Waals surface area contributed by atoms with Crippen molar-refractivity contribution in [1.29, 1.82) is 0 Å². The Morgan fingerprint density at radius 2 is 1.18 bits per heavy atom. The topological polar surface area (TPSA) is 9.23 Å². The summed E-state index contributed by atoms with van der Waals surface area (Å²) in [6, 6.07) is 0. The van der Waals surface area contributed by atoms with E-state index in [2.05, 4.69) is 27.7 Å². The molecule has 0 rings (SSSR count). The van der Waals surface area contributed by atoms with Crippen LogP contribution in [-0.2, 0) is 4.74 Å². The molecule has 0 amide bonds. The molecule has 0 bridgehead atoms. The van der Waals surface area contributed by atoms with E-state index in [4.69, 9.17) is 4.74 Å². The van der Waals surface area contributed by atoms with Crippen molar-refractivity contribution in [2.24, 2.45) is 5.41 Å². The van der Waals surface area contributed by atoms with E-state index in [1.54, 1.807) is 0 Å². The number of hydrogen-bond donors (Lipinski definition) is 0. The third-order valence-corrected chi connectivity index (χ3v) is 3.17. The maximum Gasteiger partial charge on any atom is 0.0465 e. The summed E-state index contributed by atoms with van der Waals surface area (Å²) in [6.45, 7) is 10.9. The zero-order chi connectivity index (χ0) is 13.0. The summed E-state index contributed by atoms with van der Waals surface area (Å²) in [6.07, 6.45) is 12.5. The molecule has 0 aromatic rings. The molecular formula is C16H34O. The molecule has 0 unspecified atom stereocenters. The largest absolute Gasteiger partial charge is 0.382 e. The van der Waals surface area contributed by atoms with Crippen molar-refractivity contribution >= 4 is 0 Å². The van der Waals surface area contributed by atoms with Crippen LogP contribution in [0, 0.1) is 5.41 Å². The Morgan fingerprint density at radius 1 is 0.706 bits per heavy atom. The van der Waals surface area contributed by atoms with Crippen molar-refractivity contribution in [2.45, 2.75) is 85.5 Å². The van der Waals surface area contributed by atoms with Crippen LogP contribution in [0.5, 0.6) is 0 Å². The Morgan fingerprint density at radius 3 is 1.65 bits per heavy atom. The quantitative estimate of drug-likeness (QED) is 0.430. The van der Waals surface area contributed by atoms with Gasteiger partial charge in [0, 0.05) is 13.2 Å². The fourth-order valence-electron chi connectivity index (χ4n) is 2.06. The van der Waals surface area contributed by atoms with Crippen LogP contribution in [0.4, 0.5) is 0 Å². The predicted molar refractivity (Wildman–Crippen MR) is 77.5 cm³/mol. The van der Waals surface area contributed by atoms with Crippen LogP contribution in [0.15, 0.2) is 0 Å². The molecule has 0 spiro atoms. The minimum Gasteiger partial charge on any atom is -0.382 e. The van der Waals surface area contributed by atoms with E-state index >= 15 is 0 Å². The summed E-state index contributed by atoms with van der Waals surface area (Å²) in [5, 5.41) is 0. The molecule has 0 fully saturated rings. The lowest BCUT2D eigenvalue weighted by Crippen LogP contribution is -2.03. The second kappa shape index (κ2) is 11.1. The molecule has 104 valence electrons. The third-order valence-electron chi connectivity index (χ3n) is 3.17. The van der Waals surface area contributed by atoms with Crippen LogP contribution in [0.25, 0.3) is 0 Å². The van der Waals surface area contributed by atoms with Gasteiger partial charge in [-0.1, -0.05) is 65.7 Å². The summed E-state index contributed by atoms with van der Waals surface area (Å²) < 4.78 is 5.32. The van der Waals surface area contributed by atoms with Gasteiger partial charge < -0.3 is 4.74 Å². The van der Waals surface area contributed by atoms with Gasteiger partial charge in [-0.3, -0.25) is 0 Å². The lowest BCUT2D eigenvalue weighted by atomic mass is 9.89. The van der Waals surface area contributed by atoms with Crippen molar-refractivity contribution in [3.8, 4) is 0 Å². The predicted octanol–water partition coefficient (Wildman–Crippen LogP) is 5.58.